The minimum absolute atomic E-state index is 0.0501. The van der Waals surface area contributed by atoms with E-state index in [1.165, 1.54) is 4.90 Å². The van der Waals surface area contributed by atoms with Gasteiger partial charge in [-0.15, -0.1) is 0 Å². The molecule has 0 bridgehead atoms. The van der Waals surface area contributed by atoms with Gasteiger partial charge in [0.2, 0.25) is 5.91 Å². The lowest BCUT2D eigenvalue weighted by Gasteiger charge is -2.32. The van der Waals surface area contributed by atoms with Crippen LogP contribution in [-0.4, -0.2) is 81.0 Å². The lowest BCUT2D eigenvalue weighted by Crippen LogP contribution is -2.55. The first-order valence-electron chi connectivity index (χ1n) is 12.6. The number of carboxylic acid groups (broad SMARTS) is 1. The number of aryl methyl sites for hydroxylation is 1. The van der Waals surface area contributed by atoms with E-state index in [9.17, 15) is 19.5 Å². The highest BCUT2D eigenvalue weighted by atomic mass is 17.1. The number of nitrogens with zero attached hydrogens (tertiary/aromatic N) is 2. The number of carbonyl (C=O) groups excluding carboxylic acids is 2. The van der Waals surface area contributed by atoms with Gasteiger partial charge in [0.1, 0.15) is 12.1 Å². The van der Waals surface area contributed by atoms with Crippen LogP contribution in [0.25, 0.3) is 0 Å². The summed E-state index contributed by atoms with van der Waals surface area (Å²) in [5, 5.41) is 29.5. The number of unbranched alkanes of at least 4 members (excludes halogenated alkanes) is 1. The number of carboxylic acids is 1. The number of esters is 1. The van der Waals surface area contributed by atoms with E-state index in [-0.39, 0.29) is 36.5 Å². The third kappa shape index (κ3) is 7.71. The summed E-state index contributed by atoms with van der Waals surface area (Å²) < 4.78 is 5.42. The molecule has 1 aliphatic carbocycles. The third-order valence-corrected chi connectivity index (χ3v) is 7.04. The molecule has 200 valence electrons. The van der Waals surface area contributed by atoms with Crippen molar-refractivity contribution < 1.29 is 39.5 Å². The van der Waals surface area contributed by atoms with Crippen LogP contribution in [0.15, 0.2) is 30.3 Å². The maximum atomic E-state index is 13.4. The normalized spacial score (nSPS) is 22.9. The Morgan fingerprint density at radius 1 is 1.14 bits per heavy atom. The Kier molecular flexibility index (Phi) is 10.6. The first kappa shape index (κ1) is 28.0. The Labute approximate surface area is 210 Å². The van der Waals surface area contributed by atoms with Crippen molar-refractivity contribution in [2.24, 2.45) is 5.92 Å². The zero-order valence-corrected chi connectivity index (χ0v) is 20.6. The van der Waals surface area contributed by atoms with Gasteiger partial charge in [0, 0.05) is 6.04 Å². The third-order valence-electron chi connectivity index (χ3n) is 7.04. The second-order valence-corrected chi connectivity index (χ2v) is 9.52. The Morgan fingerprint density at radius 2 is 1.86 bits per heavy atom. The van der Waals surface area contributed by atoms with Gasteiger partial charge in [-0.25, -0.2) is 4.79 Å². The average molecular weight is 508 g/mol. The second kappa shape index (κ2) is 13.7. The van der Waals surface area contributed by atoms with Gasteiger partial charge in [-0.3, -0.25) is 30.2 Å². The molecule has 5 atom stereocenters. The van der Waals surface area contributed by atoms with Crippen molar-refractivity contribution in [2.45, 2.75) is 82.5 Å². The van der Waals surface area contributed by atoms with Crippen molar-refractivity contribution >= 4 is 17.8 Å². The van der Waals surface area contributed by atoms with Crippen molar-refractivity contribution in [1.82, 2.24) is 15.6 Å². The molecular weight excluding hydrogens is 470 g/mol. The van der Waals surface area contributed by atoms with Crippen LogP contribution in [0.5, 0.6) is 0 Å². The van der Waals surface area contributed by atoms with E-state index >= 15 is 0 Å². The van der Waals surface area contributed by atoms with Crippen LogP contribution in [-0.2, 0) is 30.4 Å². The summed E-state index contributed by atoms with van der Waals surface area (Å²) in [5.74, 6) is -1.57. The van der Waals surface area contributed by atoms with E-state index in [1.54, 1.807) is 6.92 Å². The lowest BCUT2D eigenvalue weighted by atomic mass is 10.0. The summed E-state index contributed by atoms with van der Waals surface area (Å²) in [5.41, 5.74) is 1.05. The molecule has 2 aliphatic rings. The van der Waals surface area contributed by atoms with Gasteiger partial charge < -0.3 is 14.7 Å². The number of nitrogens with one attached hydrogen (secondary N) is 1. The van der Waals surface area contributed by atoms with Gasteiger partial charge >= 0.3 is 11.9 Å². The number of hydrogen-bond donors (Lipinski definition) is 4. The molecule has 1 aromatic rings. The molecular formula is C25H37N3O8. The minimum Gasteiger partial charge on any atom is -0.480 e. The van der Waals surface area contributed by atoms with Gasteiger partial charge in [-0.2, -0.15) is 0 Å². The molecule has 4 unspecified atom stereocenters. The number of fused-ring (bicyclic) bond motifs is 1. The SMILES string of the molecule is CC(NC(CCc1ccccc1)C(=O)OCCCCON(O)O)C(=O)N1C2CCCC2C[C@H]1C(=O)O. The number of carbonyl (C=O) groups is 3. The Balaban J connectivity index is 1.61. The fraction of sp³-hybridized carbons (Fsp3) is 0.640. The summed E-state index contributed by atoms with van der Waals surface area (Å²) in [6.07, 6.45) is 5.10. The topological polar surface area (TPSA) is 149 Å². The molecule has 1 saturated heterocycles. The van der Waals surface area contributed by atoms with E-state index in [2.05, 4.69) is 10.2 Å². The first-order valence-corrected chi connectivity index (χ1v) is 12.6. The minimum atomic E-state index is -0.987. The number of amides is 1. The molecule has 2 fully saturated rings. The zero-order chi connectivity index (χ0) is 26.1. The molecule has 3 rings (SSSR count). The smallest absolute Gasteiger partial charge is 0.326 e. The number of rotatable bonds is 14. The van der Waals surface area contributed by atoms with Gasteiger partial charge in [0.05, 0.1) is 24.6 Å². The van der Waals surface area contributed by atoms with Gasteiger partial charge in [0.15, 0.2) is 0 Å². The highest BCUT2D eigenvalue weighted by Crippen LogP contribution is 2.41. The molecule has 1 aliphatic heterocycles. The van der Waals surface area contributed by atoms with Gasteiger partial charge in [0.25, 0.3) is 0 Å². The summed E-state index contributed by atoms with van der Waals surface area (Å²) >= 11 is 0. The van der Waals surface area contributed by atoms with E-state index in [1.807, 2.05) is 30.3 Å². The maximum Gasteiger partial charge on any atom is 0.326 e. The monoisotopic (exact) mass is 507 g/mol. The maximum absolute atomic E-state index is 13.4. The second-order valence-electron chi connectivity index (χ2n) is 9.52. The predicted octanol–water partition coefficient (Wildman–Crippen LogP) is 2.16. The van der Waals surface area contributed by atoms with Crippen LogP contribution in [0, 0.1) is 5.92 Å². The fourth-order valence-electron chi connectivity index (χ4n) is 5.27. The number of ether oxygens (including phenoxy) is 1. The van der Waals surface area contributed by atoms with Crippen molar-refractivity contribution in [1.29, 1.82) is 0 Å². The Bertz CT molecular complexity index is 868. The number of aliphatic carboxylic acids is 1. The molecule has 11 heteroatoms. The van der Waals surface area contributed by atoms with Crippen LogP contribution in [0.4, 0.5) is 0 Å². The van der Waals surface area contributed by atoms with E-state index in [0.717, 1.165) is 24.8 Å². The number of likely N-dealkylation sites (tertiary alicyclic amines) is 1. The van der Waals surface area contributed by atoms with E-state index < -0.39 is 30.1 Å². The van der Waals surface area contributed by atoms with E-state index in [0.29, 0.717) is 32.1 Å². The van der Waals surface area contributed by atoms with Crippen LogP contribution in [0.3, 0.4) is 0 Å². The van der Waals surface area contributed by atoms with Gasteiger partial charge in [-0.1, -0.05) is 36.8 Å². The molecule has 0 spiro atoms. The average Bonchev–Trinajstić information content (AvgIpc) is 3.45. The van der Waals surface area contributed by atoms with E-state index in [4.69, 9.17) is 15.2 Å². The highest BCUT2D eigenvalue weighted by molar-refractivity contribution is 5.88. The number of benzene rings is 1. The van der Waals surface area contributed by atoms with Crippen molar-refractivity contribution in [3.05, 3.63) is 35.9 Å². The van der Waals surface area contributed by atoms with Crippen molar-refractivity contribution in [2.75, 3.05) is 13.2 Å². The quantitative estimate of drug-likeness (QED) is 0.168. The van der Waals surface area contributed by atoms with Gasteiger partial charge in [-0.05, 0) is 63.4 Å². The zero-order valence-electron chi connectivity index (χ0n) is 20.6. The fourth-order valence-corrected chi connectivity index (χ4v) is 5.27. The largest absolute Gasteiger partial charge is 0.480 e. The molecule has 1 heterocycles. The molecule has 0 radical (unpaired) electrons. The summed E-state index contributed by atoms with van der Waals surface area (Å²) in [6.45, 7) is 1.83. The van der Waals surface area contributed by atoms with Crippen LogP contribution in [0.1, 0.15) is 57.4 Å². The summed E-state index contributed by atoms with van der Waals surface area (Å²) in [4.78, 5) is 44.2. The molecule has 36 heavy (non-hydrogen) atoms. The molecule has 0 aromatic heterocycles. The van der Waals surface area contributed by atoms with Crippen LogP contribution < -0.4 is 5.32 Å². The van der Waals surface area contributed by atoms with Crippen LogP contribution in [0.2, 0.25) is 0 Å². The Hall–Kier alpha value is -2.57. The molecule has 11 nitrogen and oxygen atoms in total. The first-order chi connectivity index (χ1) is 17.3. The standard InChI is InChI=1S/C25H37N3O8/c1-17(23(29)27-21-11-7-10-19(21)16-22(27)24(30)31)26-20(13-12-18-8-3-2-4-9-18)25(32)35-14-5-6-15-36-28(33)34/h2-4,8-9,17,19-22,26,33-34H,5-7,10-16H2,1H3,(H,30,31)/t17?,19?,20?,21?,22-/m0/s1. The molecule has 4 N–H and O–H groups in total. The molecule has 1 amide bonds. The molecule has 1 saturated carbocycles. The summed E-state index contributed by atoms with van der Waals surface area (Å²) in [6, 6.07) is 7.27. The Morgan fingerprint density at radius 3 is 2.56 bits per heavy atom. The lowest BCUT2D eigenvalue weighted by molar-refractivity contribution is -0.492. The number of hydrogen-bond acceptors (Lipinski definition) is 9. The predicted molar refractivity (Wildman–Crippen MR) is 127 cm³/mol. The highest BCUT2D eigenvalue weighted by Gasteiger charge is 2.49. The van der Waals surface area contributed by atoms with Crippen molar-refractivity contribution in [3.8, 4) is 0 Å². The summed E-state index contributed by atoms with van der Waals surface area (Å²) in [7, 11) is 0. The molecule has 1 aromatic carbocycles. The van der Waals surface area contributed by atoms with Crippen molar-refractivity contribution in [3.63, 3.8) is 0 Å². The van der Waals surface area contributed by atoms with Crippen LogP contribution >= 0.6 is 0 Å².